The first kappa shape index (κ1) is 18.0. The fourth-order valence-electron chi connectivity index (χ4n) is 3.92. The molecule has 1 aromatic heterocycles. The van der Waals surface area contributed by atoms with Crippen molar-refractivity contribution in [1.82, 2.24) is 19.8 Å². The lowest BCUT2D eigenvalue weighted by Crippen LogP contribution is -2.48. The average Bonchev–Trinajstić information content (AvgIpc) is 3.45. The van der Waals surface area contributed by atoms with E-state index in [1.54, 1.807) is 11.8 Å². The van der Waals surface area contributed by atoms with Crippen LogP contribution in [0.4, 0.5) is 0 Å². The number of hydrogen-bond donors (Lipinski definition) is 0. The summed E-state index contributed by atoms with van der Waals surface area (Å²) in [5, 5.41) is 0.851. The molecule has 1 saturated carbocycles. The smallest absolute Gasteiger partial charge is 0.187 e. The van der Waals surface area contributed by atoms with Gasteiger partial charge in [-0.2, -0.15) is 0 Å². The monoisotopic (exact) mass is 368 g/mol. The van der Waals surface area contributed by atoms with Gasteiger partial charge in [-0.3, -0.25) is 9.80 Å². The molecule has 0 amide bonds. The highest BCUT2D eigenvalue weighted by Crippen LogP contribution is 2.48. The summed E-state index contributed by atoms with van der Waals surface area (Å²) in [6.45, 7) is 8.94. The Morgan fingerprint density at radius 2 is 1.58 bits per heavy atom. The Bertz CT molecular complexity index is 717. The van der Waals surface area contributed by atoms with Gasteiger partial charge in [-0.15, -0.1) is 0 Å². The van der Waals surface area contributed by atoms with Crippen LogP contribution < -0.4 is 0 Å². The van der Waals surface area contributed by atoms with Gasteiger partial charge in [0.05, 0.1) is 0 Å². The lowest BCUT2D eigenvalue weighted by atomic mass is 9.94. The number of thioether (sulfide) groups is 1. The van der Waals surface area contributed by atoms with E-state index in [2.05, 4.69) is 51.0 Å². The van der Waals surface area contributed by atoms with Gasteiger partial charge in [0.25, 0.3) is 0 Å². The van der Waals surface area contributed by atoms with Crippen molar-refractivity contribution in [2.75, 3.05) is 39.0 Å². The van der Waals surface area contributed by atoms with E-state index >= 15 is 0 Å². The minimum absolute atomic E-state index is 0.428. The van der Waals surface area contributed by atoms with Crippen LogP contribution in [-0.4, -0.2) is 58.7 Å². The van der Waals surface area contributed by atoms with Gasteiger partial charge in [0.15, 0.2) is 5.16 Å². The van der Waals surface area contributed by atoms with E-state index in [4.69, 9.17) is 0 Å². The molecule has 0 unspecified atom stereocenters. The molecule has 2 aliphatic rings. The number of aromatic nitrogens is 2. The molecule has 2 fully saturated rings. The number of hydrogen-bond acceptors (Lipinski definition) is 5. The van der Waals surface area contributed by atoms with Crippen LogP contribution in [0.2, 0.25) is 0 Å². The second-order valence-corrected chi connectivity index (χ2v) is 8.55. The Balaban J connectivity index is 1.29. The predicted molar refractivity (Wildman–Crippen MR) is 108 cm³/mol. The lowest BCUT2D eigenvalue weighted by Gasteiger charge is -2.36. The molecule has 5 heteroatoms. The summed E-state index contributed by atoms with van der Waals surface area (Å²) in [6.07, 6.45) is 8.64. The van der Waals surface area contributed by atoms with Crippen molar-refractivity contribution in [1.29, 1.82) is 0 Å². The Hall–Kier alpha value is -1.43. The summed E-state index contributed by atoms with van der Waals surface area (Å²) < 4.78 is 0. The highest BCUT2D eigenvalue weighted by molar-refractivity contribution is 7.98. The van der Waals surface area contributed by atoms with Gasteiger partial charge in [-0.1, -0.05) is 41.6 Å². The van der Waals surface area contributed by atoms with Gasteiger partial charge in [-0.25, -0.2) is 9.97 Å². The van der Waals surface area contributed by atoms with Gasteiger partial charge in [0.2, 0.25) is 0 Å². The van der Waals surface area contributed by atoms with E-state index in [1.165, 1.54) is 36.1 Å². The molecule has 4 nitrogen and oxygen atoms in total. The fourth-order valence-corrected chi connectivity index (χ4v) is 4.23. The zero-order valence-electron chi connectivity index (χ0n) is 15.8. The molecule has 0 spiro atoms. The molecule has 2 aromatic rings. The van der Waals surface area contributed by atoms with Gasteiger partial charge < -0.3 is 0 Å². The Morgan fingerprint density at radius 3 is 2.15 bits per heavy atom. The fraction of sp³-hybridized carbons (Fsp3) is 0.524. The van der Waals surface area contributed by atoms with Gasteiger partial charge in [0, 0.05) is 62.6 Å². The molecule has 1 aromatic carbocycles. The van der Waals surface area contributed by atoms with E-state index in [0.717, 1.165) is 37.9 Å². The molecule has 0 N–H and O–H groups in total. The maximum absolute atomic E-state index is 4.39. The standard InChI is InChI=1S/C21H28N4S/c1-17-3-5-19(6-4-17)21(7-8-21)16-25-11-9-24(10-12-25)15-18-13-22-20(26-2)23-14-18/h3-6,13-14H,7-12,15-16H2,1-2H3. The van der Waals surface area contributed by atoms with Crippen LogP contribution in [0.15, 0.2) is 41.8 Å². The highest BCUT2D eigenvalue weighted by Gasteiger charge is 2.45. The van der Waals surface area contributed by atoms with Crippen molar-refractivity contribution < 1.29 is 0 Å². The number of nitrogens with zero attached hydrogens (tertiary/aromatic N) is 4. The molecule has 1 aliphatic carbocycles. The van der Waals surface area contributed by atoms with Crippen molar-refractivity contribution in [2.24, 2.45) is 0 Å². The zero-order chi connectivity index (χ0) is 18.0. The third-order valence-corrected chi connectivity index (χ3v) is 6.36. The van der Waals surface area contributed by atoms with E-state index < -0.39 is 0 Å². The molecule has 26 heavy (non-hydrogen) atoms. The average molecular weight is 369 g/mol. The molecule has 0 radical (unpaired) electrons. The maximum Gasteiger partial charge on any atom is 0.187 e. The van der Waals surface area contributed by atoms with E-state index in [0.29, 0.717) is 5.41 Å². The van der Waals surface area contributed by atoms with E-state index in [9.17, 15) is 0 Å². The van der Waals surface area contributed by atoms with Crippen LogP contribution in [0, 0.1) is 6.92 Å². The van der Waals surface area contributed by atoms with Gasteiger partial charge >= 0.3 is 0 Å². The second-order valence-electron chi connectivity index (χ2n) is 7.78. The van der Waals surface area contributed by atoms with Crippen molar-refractivity contribution >= 4 is 11.8 Å². The summed E-state index contributed by atoms with van der Waals surface area (Å²) in [5.41, 5.74) is 4.54. The largest absolute Gasteiger partial charge is 0.300 e. The summed E-state index contributed by atoms with van der Waals surface area (Å²) in [5.74, 6) is 0. The number of aryl methyl sites for hydroxylation is 1. The Labute approximate surface area is 161 Å². The quantitative estimate of drug-likeness (QED) is 0.577. The number of benzene rings is 1. The molecule has 138 valence electrons. The number of piperazine rings is 1. The molecule has 1 saturated heterocycles. The molecule has 0 atom stereocenters. The summed E-state index contributed by atoms with van der Waals surface area (Å²) >= 11 is 1.59. The SMILES string of the molecule is CSc1ncc(CN2CCN(CC3(c4ccc(C)cc4)CC3)CC2)cn1. The van der Waals surface area contributed by atoms with Crippen LogP contribution in [0.1, 0.15) is 29.5 Å². The summed E-state index contributed by atoms with van der Waals surface area (Å²) in [4.78, 5) is 14.0. The summed E-state index contributed by atoms with van der Waals surface area (Å²) in [6, 6.07) is 9.21. The number of rotatable bonds is 6. The minimum Gasteiger partial charge on any atom is -0.300 e. The zero-order valence-corrected chi connectivity index (χ0v) is 16.6. The highest BCUT2D eigenvalue weighted by atomic mass is 32.2. The first-order valence-corrected chi connectivity index (χ1v) is 10.8. The third-order valence-electron chi connectivity index (χ3n) is 5.78. The molecule has 2 heterocycles. The van der Waals surface area contributed by atoms with Crippen LogP contribution in [0.3, 0.4) is 0 Å². The third kappa shape index (κ3) is 4.11. The van der Waals surface area contributed by atoms with Crippen LogP contribution >= 0.6 is 11.8 Å². The Morgan fingerprint density at radius 1 is 0.962 bits per heavy atom. The van der Waals surface area contributed by atoms with Crippen molar-refractivity contribution in [3.63, 3.8) is 0 Å². The van der Waals surface area contributed by atoms with Gasteiger partial charge in [-0.05, 0) is 31.6 Å². The van der Waals surface area contributed by atoms with Gasteiger partial charge in [0.1, 0.15) is 0 Å². The van der Waals surface area contributed by atoms with E-state index in [-0.39, 0.29) is 0 Å². The predicted octanol–water partition coefficient (Wildman–Crippen LogP) is 3.36. The van der Waals surface area contributed by atoms with Crippen LogP contribution in [0.25, 0.3) is 0 Å². The first-order chi connectivity index (χ1) is 12.7. The van der Waals surface area contributed by atoms with E-state index in [1.807, 2.05) is 18.6 Å². The van der Waals surface area contributed by atoms with Crippen molar-refractivity contribution in [3.8, 4) is 0 Å². The normalized spacial score (nSPS) is 20.2. The van der Waals surface area contributed by atoms with Crippen molar-refractivity contribution in [2.45, 2.75) is 36.9 Å². The van der Waals surface area contributed by atoms with Crippen LogP contribution in [-0.2, 0) is 12.0 Å². The second kappa shape index (κ2) is 7.67. The summed E-state index contributed by atoms with van der Waals surface area (Å²) in [7, 11) is 0. The topological polar surface area (TPSA) is 32.3 Å². The van der Waals surface area contributed by atoms with Crippen molar-refractivity contribution in [3.05, 3.63) is 53.3 Å². The molecule has 0 bridgehead atoms. The van der Waals surface area contributed by atoms with Crippen LogP contribution in [0.5, 0.6) is 0 Å². The minimum atomic E-state index is 0.428. The molecular weight excluding hydrogens is 340 g/mol. The first-order valence-electron chi connectivity index (χ1n) is 9.54. The molecular formula is C21H28N4S. The lowest BCUT2D eigenvalue weighted by molar-refractivity contribution is 0.118. The molecule has 1 aliphatic heterocycles. The Kier molecular flexibility index (Phi) is 5.30. The molecule has 4 rings (SSSR count). The maximum atomic E-state index is 4.39.